The number of hydrazine groups is 1. The van der Waals surface area contributed by atoms with Gasteiger partial charge < -0.3 is 20.4 Å². The van der Waals surface area contributed by atoms with E-state index >= 15 is 0 Å². The molecule has 8 heteroatoms. The monoisotopic (exact) mass is 335 g/mol. The first-order valence-electron chi connectivity index (χ1n) is 6.98. The molecule has 0 radical (unpaired) electrons. The number of phenols is 4. The lowest BCUT2D eigenvalue weighted by Gasteiger charge is -2.20. The molecule has 120 valence electrons. The first-order valence-corrected chi connectivity index (χ1v) is 7.41. The maximum Gasteiger partial charge on any atom is 0.169 e. The Labute approximate surface area is 136 Å². The zero-order chi connectivity index (χ0) is 16.3. The van der Waals surface area contributed by atoms with Crippen LogP contribution in [0.25, 0.3) is 0 Å². The van der Waals surface area contributed by atoms with Gasteiger partial charge in [0.1, 0.15) is 35.3 Å². The number of nitrogens with one attached hydrogen (secondary N) is 1. The van der Waals surface area contributed by atoms with Crippen LogP contribution in [-0.2, 0) is 0 Å². The molecule has 2 saturated heterocycles. The number of alkyl halides is 1. The molecule has 0 amide bonds. The summed E-state index contributed by atoms with van der Waals surface area (Å²) in [5, 5.41) is 45.8. The van der Waals surface area contributed by atoms with Crippen molar-refractivity contribution < 1.29 is 20.4 Å². The second kappa shape index (κ2) is 4.90. The van der Waals surface area contributed by atoms with Crippen molar-refractivity contribution in [2.75, 3.05) is 0 Å². The van der Waals surface area contributed by atoms with E-state index in [4.69, 9.17) is 11.6 Å². The van der Waals surface area contributed by atoms with E-state index in [0.717, 1.165) is 0 Å². The summed E-state index contributed by atoms with van der Waals surface area (Å²) in [6.45, 7) is 0. The minimum absolute atomic E-state index is 0.0259. The summed E-state index contributed by atoms with van der Waals surface area (Å²) in [6, 6.07) is 8.72. The van der Waals surface area contributed by atoms with Crippen LogP contribution in [0.3, 0.4) is 0 Å². The van der Waals surface area contributed by atoms with Gasteiger partial charge in [0.15, 0.2) is 5.62 Å². The first kappa shape index (κ1) is 14.4. The summed E-state index contributed by atoms with van der Waals surface area (Å²) in [5.74, 6) is -0.147. The lowest BCUT2D eigenvalue weighted by atomic mass is 10.1. The minimum Gasteiger partial charge on any atom is -0.508 e. The fourth-order valence-corrected chi connectivity index (χ4v) is 3.36. The topological polar surface area (TPSA) is 99.0 Å². The molecule has 4 unspecified atom stereocenters. The van der Waals surface area contributed by atoms with Gasteiger partial charge in [-0.05, 0) is 24.3 Å². The van der Waals surface area contributed by atoms with Crippen molar-refractivity contribution in [1.82, 2.24) is 15.3 Å². The molecule has 0 aromatic heterocycles. The Hall–Kier alpha value is -2.19. The van der Waals surface area contributed by atoms with E-state index in [2.05, 4.69) is 5.32 Å². The molecule has 2 aromatic carbocycles. The largest absolute Gasteiger partial charge is 0.508 e. The van der Waals surface area contributed by atoms with Crippen LogP contribution in [-0.4, -0.2) is 36.1 Å². The zero-order valence-corrected chi connectivity index (χ0v) is 12.5. The van der Waals surface area contributed by atoms with Crippen molar-refractivity contribution in [2.24, 2.45) is 0 Å². The highest BCUT2D eigenvalue weighted by molar-refractivity contribution is 6.21. The van der Waals surface area contributed by atoms with Crippen LogP contribution in [0.2, 0.25) is 0 Å². The molecule has 2 aromatic rings. The summed E-state index contributed by atoms with van der Waals surface area (Å²) in [6.07, 6.45) is -0.785. The fraction of sp³-hybridized carbons (Fsp3) is 0.200. The smallest absolute Gasteiger partial charge is 0.169 e. The number of benzene rings is 2. The van der Waals surface area contributed by atoms with Crippen molar-refractivity contribution in [2.45, 2.75) is 18.0 Å². The van der Waals surface area contributed by atoms with Crippen molar-refractivity contribution in [3.8, 4) is 23.0 Å². The molecule has 5 N–H and O–H groups in total. The van der Waals surface area contributed by atoms with Crippen LogP contribution in [0.5, 0.6) is 23.0 Å². The van der Waals surface area contributed by atoms with Crippen LogP contribution < -0.4 is 5.32 Å². The van der Waals surface area contributed by atoms with E-state index in [0.29, 0.717) is 11.1 Å². The quantitative estimate of drug-likeness (QED) is 0.324. The van der Waals surface area contributed by atoms with E-state index in [1.807, 2.05) is 10.0 Å². The van der Waals surface area contributed by atoms with Crippen LogP contribution >= 0.6 is 11.6 Å². The van der Waals surface area contributed by atoms with Gasteiger partial charge in [-0.1, -0.05) is 11.6 Å². The standard InChI is InChI=1S/C15H14ClN3O4/c16-15-18-13(9-3-1-7(20)5-11(9)22)17-14(19(15)18)10-4-2-8(21)6-12(10)23/h1-6,13-15,17,20-23H. The third-order valence-electron chi connectivity index (χ3n) is 4.11. The first-order chi connectivity index (χ1) is 11.0. The predicted molar refractivity (Wildman–Crippen MR) is 81.5 cm³/mol. The van der Waals surface area contributed by atoms with Gasteiger partial charge in [-0.15, -0.1) is 0 Å². The molecule has 0 saturated carbocycles. The maximum atomic E-state index is 10.1. The average Bonchev–Trinajstić information content (AvgIpc) is 2.97. The van der Waals surface area contributed by atoms with E-state index in [9.17, 15) is 20.4 Å². The normalized spacial score (nSPS) is 31.8. The molecule has 2 heterocycles. The molecule has 0 bridgehead atoms. The second-order valence-electron chi connectivity index (χ2n) is 5.53. The van der Waals surface area contributed by atoms with Crippen molar-refractivity contribution >= 4 is 11.6 Å². The molecule has 0 aliphatic carbocycles. The van der Waals surface area contributed by atoms with E-state index in [1.165, 1.54) is 24.3 Å². The Morgan fingerprint density at radius 3 is 1.61 bits per heavy atom. The SMILES string of the molecule is Oc1ccc(C2NC(c3ccc(O)cc3O)N3C(Cl)N23)c(O)c1. The number of fused-ring (bicyclic) bond motifs is 1. The molecule has 0 spiro atoms. The second-order valence-corrected chi connectivity index (χ2v) is 5.92. The molecule has 7 nitrogen and oxygen atoms in total. The number of hydrogen-bond donors (Lipinski definition) is 5. The Kier molecular flexibility index (Phi) is 3.07. The van der Waals surface area contributed by atoms with Gasteiger partial charge in [0.2, 0.25) is 0 Å². The number of nitrogens with zero attached hydrogens (tertiary/aromatic N) is 2. The van der Waals surface area contributed by atoms with E-state index < -0.39 is 12.3 Å². The van der Waals surface area contributed by atoms with Crippen molar-refractivity contribution in [1.29, 1.82) is 0 Å². The Bertz CT molecular complexity index is 724. The highest BCUT2D eigenvalue weighted by atomic mass is 35.5. The summed E-state index contributed by atoms with van der Waals surface area (Å²) in [5.41, 5.74) is 0.751. The van der Waals surface area contributed by atoms with Gasteiger partial charge in [-0.25, -0.2) is 0 Å². The van der Waals surface area contributed by atoms with Crippen LogP contribution in [0.4, 0.5) is 0 Å². The number of aromatic hydroxyl groups is 4. The summed E-state index contributed by atoms with van der Waals surface area (Å²) >= 11 is 6.26. The van der Waals surface area contributed by atoms with Crippen molar-refractivity contribution in [3.63, 3.8) is 0 Å². The third-order valence-corrected chi connectivity index (χ3v) is 4.51. The molecular weight excluding hydrogens is 322 g/mol. The summed E-state index contributed by atoms with van der Waals surface area (Å²) in [7, 11) is 0. The number of phenolic OH excluding ortho intramolecular Hbond substituents is 4. The van der Waals surface area contributed by atoms with Crippen LogP contribution in [0.1, 0.15) is 23.5 Å². The van der Waals surface area contributed by atoms with Gasteiger partial charge in [-0.3, -0.25) is 5.32 Å². The lowest BCUT2D eigenvalue weighted by molar-refractivity contribution is 0.305. The molecule has 2 fully saturated rings. The number of rotatable bonds is 2. The minimum atomic E-state index is -0.392. The number of hydrogen-bond acceptors (Lipinski definition) is 7. The highest BCUT2D eigenvalue weighted by Gasteiger charge is 2.60. The Balaban J connectivity index is 1.68. The Morgan fingerprint density at radius 1 is 0.783 bits per heavy atom. The molecule has 23 heavy (non-hydrogen) atoms. The summed E-state index contributed by atoms with van der Waals surface area (Å²) in [4.78, 5) is 0. The van der Waals surface area contributed by atoms with Gasteiger partial charge in [-0.2, -0.15) is 10.0 Å². The van der Waals surface area contributed by atoms with Crippen LogP contribution in [0, 0.1) is 0 Å². The van der Waals surface area contributed by atoms with E-state index in [-0.39, 0.29) is 28.6 Å². The maximum absolute atomic E-state index is 10.1. The van der Waals surface area contributed by atoms with Crippen LogP contribution in [0.15, 0.2) is 36.4 Å². The molecule has 2 aliphatic rings. The molecule has 4 atom stereocenters. The zero-order valence-electron chi connectivity index (χ0n) is 11.8. The molecule has 2 aliphatic heterocycles. The Morgan fingerprint density at radius 2 is 1.22 bits per heavy atom. The third kappa shape index (κ3) is 2.17. The van der Waals surface area contributed by atoms with Gasteiger partial charge >= 0.3 is 0 Å². The van der Waals surface area contributed by atoms with E-state index in [1.54, 1.807) is 12.1 Å². The van der Waals surface area contributed by atoms with Crippen molar-refractivity contribution in [3.05, 3.63) is 47.5 Å². The highest BCUT2D eigenvalue weighted by Crippen LogP contribution is 2.53. The lowest BCUT2D eigenvalue weighted by Crippen LogP contribution is -2.28. The molecule has 4 rings (SSSR count). The average molecular weight is 336 g/mol. The van der Waals surface area contributed by atoms with Gasteiger partial charge in [0, 0.05) is 23.3 Å². The number of halogens is 1. The summed E-state index contributed by atoms with van der Waals surface area (Å²) < 4.78 is 0. The predicted octanol–water partition coefficient (Wildman–Crippen LogP) is 1.86. The van der Waals surface area contributed by atoms with Gasteiger partial charge in [0.05, 0.1) is 0 Å². The molecular formula is C15H14ClN3O4. The van der Waals surface area contributed by atoms with Gasteiger partial charge in [0.25, 0.3) is 0 Å². The fourth-order valence-electron chi connectivity index (χ4n) is 2.98.